The molecule has 5 N–H and O–H groups in total. The lowest BCUT2D eigenvalue weighted by atomic mass is 10.2. The fraction of sp³-hybridized carbons (Fsp3) is 0.0526. The molecular weight excluding hydrogens is 364 g/mol. The highest BCUT2D eigenvalue weighted by atomic mass is 16.5. The van der Waals surface area contributed by atoms with Gasteiger partial charge in [-0.15, -0.1) is 0 Å². The highest BCUT2D eigenvalue weighted by Gasteiger charge is 2.18. The number of rotatable bonds is 7. The Labute approximate surface area is 159 Å². The van der Waals surface area contributed by atoms with Crippen LogP contribution in [0.3, 0.4) is 0 Å². The lowest BCUT2D eigenvalue weighted by Crippen LogP contribution is -2.18. The molecule has 142 valence electrons. The summed E-state index contributed by atoms with van der Waals surface area (Å²) >= 11 is 0. The Morgan fingerprint density at radius 2 is 1.75 bits per heavy atom. The van der Waals surface area contributed by atoms with Crippen LogP contribution >= 0.6 is 0 Å². The van der Waals surface area contributed by atoms with Gasteiger partial charge in [0, 0.05) is 11.1 Å². The zero-order valence-corrected chi connectivity index (χ0v) is 14.5. The summed E-state index contributed by atoms with van der Waals surface area (Å²) in [6, 6.07) is 14.9. The SMILES string of the molecule is NC(=O)c1nc(-c2ccc(OCC(=O)O)cc2)[nH]c1NC(=O)c1ccccc1. The average Bonchev–Trinajstić information content (AvgIpc) is 3.11. The fourth-order valence-corrected chi connectivity index (χ4v) is 2.41. The topological polar surface area (TPSA) is 147 Å². The van der Waals surface area contributed by atoms with E-state index in [-0.39, 0.29) is 11.5 Å². The number of carboxylic acid groups (broad SMARTS) is 1. The molecule has 0 aliphatic carbocycles. The Balaban J connectivity index is 1.83. The van der Waals surface area contributed by atoms with E-state index in [2.05, 4.69) is 15.3 Å². The predicted octanol–water partition coefficient (Wildman–Crippen LogP) is 1.89. The van der Waals surface area contributed by atoms with Gasteiger partial charge in [-0.1, -0.05) is 18.2 Å². The van der Waals surface area contributed by atoms with Crippen LogP contribution in [0.5, 0.6) is 5.75 Å². The standard InChI is InChI=1S/C19H16N4O5/c20-16(26)15-18(23-19(27)12-4-2-1-3-5-12)22-17(21-15)11-6-8-13(9-7-11)28-10-14(24)25/h1-9H,10H2,(H2,20,26)(H,21,22)(H,23,27)(H,24,25). The van der Waals surface area contributed by atoms with Crippen LogP contribution in [-0.4, -0.2) is 39.5 Å². The van der Waals surface area contributed by atoms with Gasteiger partial charge < -0.3 is 25.9 Å². The highest BCUT2D eigenvalue weighted by molar-refractivity contribution is 6.07. The Morgan fingerprint density at radius 1 is 1.07 bits per heavy atom. The van der Waals surface area contributed by atoms with E-state index in [1.165, 1.54) is 0 Å². The van der Waals surface area contributed by atoms with Gasteiger partial charge in [0.25, 0.3) is 11.8 Å². The first-order chi connectivity index (χ1) is 13.4. The number of nitrogens with one attached hydrogen (secondary N) is 2. The molecule has 9 nitrogen and oxygen atoms in total. The van der Waals surface area contributed by atoms with Crippen molar-refractivity contribution in [3.63, 3.8) is 0 Å². The first-order valence-electron chi connectivity index (χ1n) is 8.15. The van der Waals surface area contributed by atoms with E-state index in [0.29, 0.717) is 22.7 Å². The van der Waals surface area contributed by atoms with Crippen LogP contribution in [-0.2, 0) is 4.79 Å². The third-order valence-electron chi connectivity index (χ3n) is 3.70. The Kier molecular flexibility index (Phi) is 5.35. The van der Waals surface area contributed by atoms with Gasteiger partial charge in [0.05, 0.1) is 0 Å². The van der Waals surface area contributed by atoms with Gasteiger partial charge >= 0.3 is 5.97 Å². The number of amides is 2. The summed E-state index contributed by atoms with van der Waals surface area (Å²) in [5.74, 6) is -1.54. The van der Waals surface area contributed by atoms with Gasteiger partial charge in [-0.2, -0.15) is 0 Å². The molecule has 9 heteroatoms. The van der Waals surface area contributed by atoms with Gasteiger partial charge in [-0.05, 0) is 36.4 Å². The fourth-order valence-electron chi connectivity index (χ4n) is 2.41. The van der Waals surface area contributed by atoms with Crippen LogP contribution < -0.4 is 15.8 Å². The molecule has 0 fully saturated rings. The van der Waals surface area contributed by atoms with E-state index in [4.69, 9.17) is 15.6 Å². The zero-order chi connectivity index (χ0) is 20.1. The molecule has 3 aromatic rings. The van der Waals surface area contributed by atoms with Crippen molar-refractivity contribution >= 4 is 23.6 Å². The van der Waals surface area contributed by atoms with Crippen LogP contribution in [0.15, 0.2) is 54.6 Å². The number of aliphatic carboxylic acids is 1. The lowest BCUT2D eigenvalue weighted by molar-refractivity contribution is -0.139. The number of aromatic amines is 1. The highest BCUT2D eigenvalue weighted by Crippen LogP contribution is 2.24. The third-order valence-corrected chi connectivity index (χ3v) is 3.70. The molecule has 0 spiro atoms. The number of hydrogen-bond acceptors (Lipinski definition) is 5. The molecule has 0 saturated carbocycles. The second-order valence-electron chi connectivity index (χ2n) is 5.70. The smallest absolute Gasteiger partial charge is 0.341 e. The van der Waals surface area contributed by atoms with Crippen molar-refractivity contribution in [3.8, 4) is 17.1 Å². The molecule has 0 aliphatic heterocycles. The number of carboxylic acids is 1. The first kappa shape index (κ1) is 18.6. The van der Waals surface area contributed by atoms with Crippen molar-refractivity contribution in [2.75, 3.05) is 11.9 Å². The molecule has 2 amide bonds. The molecule has 0 radical (unpaired) electrons. The Morgan fingerprint density at radius 3 is 2.36 bits per heavy atom. The van der Waals surface area contributed by atoms with Crippen molar-refractivity contribution < 1.29 is 24.2 Å². The van der Waals surface area contributed by atoms with Gasteiger partial charge in [-0.25, -0.2) is 9.78 Å². The number of aromatic nitrogens is 2. The van der Waals surface area contributed by atoms with E-state index in [9.17, 15) is 14.4 Å². The molecule has 0 saturated heterocycles. The van der Waals surface area contributed by atoms with E-state index < -0.39 is 24.4 Å². The number of nitrogens with zero attached hydrogens (tertiary/aromatic N) is 1. The number of ether oxygens (including phenoxy) is 1. The van der Waals surface area contributed by atoms with E-state index >= 15 is 0 Å². The summed E-state index contributed by atoms with van der Waals surface area (Å²) in [6.07, 6.45) is 0. The minimum atomic E-state index is -1.08. The number of carbonyl (C=O) groups is 3. The number of imidazole rings is 1. The van der Waals surface area contributed by atoms with Crippen LogP contribution in [0.1, 0.15) is 20.8 Å². The van der Waals surface area contributed by atoms with Crippen LogP contribution in [0.2, 0.25) is 0 Å². The monoisotopic (exact) mass is 380 g/mol. The Bertz CT molecular complexity index is 1010. The molecule has 3 rings (SSSR count). The van der Waals surface area contributed by atoms with Crippen molar-refractivity contribution in [2.24, 2.45) is 5.73 Å². The van der Waals surface area contributed by atoms with Crippen molar-refractivity contribution in [3.05, 3.63) is 65.9 Å². The normalized spacial score (nSPS) is 10.3. The summed E-state index contributed by atoms with van der Waals surface area (Å²) in [5, 5.41) is 11.2. The first-order valence-corrected chi connectivity index (χ1v) is 8.15. The molecule has 1 heterocycles. The second-order valence-corrected chi connectivity index (χ2v) is 5.70. The van der Waals surface area contributed by atoms with Gasteiger partial charge in [0.1, 0.15) is 17.4 Å². The van der Waals surface area contributed by atoms with E-state index in [1.54, 1.807) is 54.6 Å². The van der Waals surface area contributed by atoms with Crippen molar-refractivity contribution in [1.82, 2.24) is 9.97 Å². The van der Waals surface area contributed by atoms with Crippen LogP contribution in [0.4, 0.5) is 5.82 Å². The summed E-state index contributed by atoms with van der Waals surface area (Å²) in [4.78, 5) is 41.6. The largest absolute Gasteiger partial charge is 0.482 e. The molecule has 0 aliphatic rings. The van der Waals surface area contributed by atoms with Crippen LogP contribution in [0, 0.1) is 0 Å². The molecule has 2 aromatic carbocycles. The molecule has 0 unspecified atom stereocenters. The van der Waals surface area contributed by atoms with Crippen LogP contribution in [0.25, 0.3) is 11.4 Å². The summed E-state index contributed by atoms with van der Waals surface area (Å²) in [6.45, 7) is -0.457. The lowest BCUT2D eigenvalue weighted by Gasteiger charge is -2.04. The second kappa shape index (κ2) is 8.04. The maximum Gasteiger partial charge on any atom is 0.341 e. The number of nitrogens with two attached hydrogens (primary N) is 1. The zero-order valence-electron chi connectivity index (χ0n) is 14.5. The number of carbonyl (C=O) groups excluding carboxylic acids is 2. The summed E-state index contributed by atoms with van der Waals surface area (Å²) in [7, 11) is 0. The minimum absolute atomic E-state index is 0.0857. The minimum Gasteiger partial charge on any atom is -0.482 e. The quantitative estimate of drug-likeness (QED) is 0.492. The average molecular weight is 380 g/mol. The molecule has 0 atom stereocenters. The predicted molar refractivity (Wildman–Crippen MR) is 100 cm³/mol. The Hall–Kier alpha value is -4.14. The van der Waals surface area contributed by atoms with E-state index in [0.717, 1.165) is 0 Å². The number of anilines is 1. The molecule has 0 bridgehead atoms. The van der Waals surface area contributed by atoms with Gasteiger partial charge in [-0.3, -0.25) is 9.59 Å². The maximum atomic E-state index is 12.3. The van der Waals surface area contributed by atoms with Crippen molar-refractivity contribution in [2.45, 2.75) is 0 Å². The van der Waals surface area contributed by atoms with Gasteiger partial charge in [0.2, 0.25) is 0 Å². The molecular formula is C19H16N4O5. The number of benzene rings is 2. The number of hydrogen-bond donors (Lipinski definition) is 4. The maximum absolute atomic E-state index is 12.3. The molecule has 1 aromatic heterocycles. The van der Waals surface area contributed by atoms with Gasteiger partial charge in [0.15, 0.2) is 12.3 Å². The van der Waals surface area contributed by atoms with E-state index in [1.807, 2.05) is 0 Å². The van der Waals surface area contributed by atoms with Crippen molar-refractivity contribution in [1.29, 1.82) is 0 Å². The third kappa shape index (κ3) is 4.33. The summed E-state index contributed by atoms with van der Waals surface area (Å²) in [5.41, 5.74) is 6.26. The summed E-state index contributed by atoms with van der Waals surface area (Å²) < 4.78 is 5.07. The number of H-pyrrole nitrogens is 1. The number of primary amides is 1. The molecule has 28 heavy (non-hydrogen) atoms.